The highest BCUT2D eigenvalue weighted by Crippen LogP contribution is 2.12. The van der Waals surface area contributed by atoms with Crippen LogP contribution in [0.3, 0.4) is 0 Å². The van der Waals surface area contributed by atoms with E-state index in [1.54, 1.807) is 0 Å². The van der Waals surface area contributed by atoms with E-state index in [0.29, 0.717) is 0 Å². The van der Waals surface area contributed by atoms with Gasteiger partial charge in [-0.15, -0.1) is 0 Å². The van der Waals surface area contributed by atoms with Crippen LogP contribution in [0.5, 0.6) is 0 Å². The number of alkyl halides is 1. The van der Waals surface area contributed by atoms with Crippen LogP contribution in [0.1, 0.15) is 23.6 Å². The number of halogens is 1. The molecule has 0 aliphatic rings. The van der Waals surface area contributed by atoms with E-state index >= 15 is 0 Å². The average molecular weight is 152 g/mol. The molecule has 60 valence electrons. The maximum absolute atomic E-state index is 12.2. The first-order valence-electron chi connectivity index (χ1n) is 3.92. The SMILES string of the molecule is CCc1ccc(CF)c(C)c1. The Morgan fingerprint density at radius 1 is 1.36 bits per heavy atom. The number of hydrogen-bond acceptors (Lipinski definition) is 0. The van der Waals surface area contributed by atoms with Crippen molar-refractivity contribution in [3.63, 3.8) is 0 Å². The molecule has 0 aromatic heterocycles. The smallest absolute Gasteiger partial charge is 0.115 e. The van der Waals surface area contributed by atoms with Gasteiger partial charge in [0.05, 0.1) is 0 Å². The predicted octanol–water partition coefficient (Wildman–Crippen LogP) is 3.03. The molecule has 0 radical (unpaired) electrons. The molecule has 0 N–H and O–H groups in total. The van der Waals surface area contributed by atoms with E-state index in [2.05, 4.69) is 13.0 Å². The third-order valence-electron chi connectivity index (χ3n) is 1.96. The lowest BCUT2D eigenvalue weighted by atomic mass is 10.0. The van der Waals surface area contributed by atoms with Gasteiger partial charge in [-0.1, -0.05) is 25.1 Å². The summed E-state index contributed by atoms with van der Waals surface area (Å²) >= 11 is 0. The number of aryl methyl sites for hydroxylation is 2. The summed E-state index contributed by atoms with van der Waals surface area (Å²) < 4.78 is 12.2. The van der Waals surface area contributed by atoms with Crippen LogP contribution >= 0.6 is 0 Å². The second kappa shape index (κ2) is 3.51. The summed E-state index contributed by atoms with van der Waals surface area (Å²) in [6, 6.07) is 5.91. The molecular weight excluding hydrogens is 139 g/mol. The lowest BCUT2D eigenvalue weighted by Crippen LogP contribution is -1.87. The van der Waals surface area contributed by atoms with Gasteiger partial charge in [-0.2, -0.15) is 0 Å². The van der Waals surface area contributed by atoms with Crippen molar-refractivity contribution >= 4 is 0 Å². The van der Waals surface area contributed by atoms with Crippen molar-refractivity contribution in [1.82, 2.24) is 0 Å². The minimum atomic E-state index is -0.351. The molecule has 0 aliphatic heterocycles. The molecule has 0 aliphatic carbocycles. The van der Waals surface area contributed by atoms with Gasteiger partial charge in [-0.25, -0.2) is 4.39 Å². The van der Waals surface area contributed by atoms with E-state index in [9.17, 15) is 4.39 Å². The largest absolute Gasteiger partial charge is 0.246 e. The Balaban J connectivity index is 2.99. The van der Waals surface area contributed by atoms with Crippen LogP contribution in [0.4, 0.5) is 4.39 Å². The molecule has 0 unspecified atom stereocenters. The van der Waals surface area contributed by atoms with Crippen LogP contribution in [0, 0.1) is 6.92 Å². The van der Waals surface area contributed by atoms with Gasteiger partial charge < -0.3 is 0 Å². The van der Waals surface area contributed by atoms with Crippen LogP contribution in [-0.4, -0.2) is 0 Å². The fourth-order valence-corrected chi connectivity index (χ4v) is 1.13. The molecule has 0 spiro atoms. The normalized spacial score (nSPS) is 10.1. The molecule has 11 heavy (non-hydrogen) atoms. The molecule has 0 amide bonds. The molecule has 0 atom stereocenters. The summed E-state index contributed by atoms with van der Waals surface area (Å²) in [5.74, 6) is 0. The van der Waals surface area contributed by atoms with Crippen LogP contribution in [0.2, 0.25) is 0 Å². The zero-order valence-corrected chi connectivity index (χ0v) is 7.02. The molecule has 1 aromatic carbocycles. The Morgan fingerprint density at radius 2 is 2.09 bits per heavy atom. The van der Waals surface area contributed by atoms with Crippen LogP contribution in [-0.2, 0) is 13.1 Å². The molecule has 0 heterocycles. The molecule has 1 heteroatoms. The standard InChI is InChI=1S/C10H13F/c1-3-9-4-5-10(7-11)8(2)6-9/h4-6H,3,7H2,1-2H3. The molecule has 0 saturated heterocycles. The summed E-state index contributed by atoms with van der Waals surface area (Å²) in [6.45, 7) is 3.70. The zero-order valence-electron chi connectivity index (χ0n) is 7.02. The minimum absolute atomic E-state index is 0.351. The zero-order chi connectivity index (χ0) is 8.27. The van der Waals surface area contributed by atoms with Crippen molar-refractivity contribution in [2.24, 2.45) is 0 Å². The van der Waals surface area contributed by atoms with Crippen molar-refractivity contribution in [3.8, 4) is 0 Å². The Kier molecular flexibility index (Phi) is 2.64. The molecule has 0 nitrogen and oxygen atoms in total. The van der Waals surface area contributed by atoms with Crippen molar-refractivity contribution in [3.05, 3.63) is 34.9 Å². The maximum atomic E-state index is 12.2. The first-order valence-corrected chi connectivity index (χ1v) is 3.92. The van der Waals surface area contributed by atoms with E-state index in [0.717, 1.165) is 17.5 Å². The van der Waals surface area contributed by atoms with E-state index < -0.39 is 0 Å². The summed E-state index contributed by atoms with van der Waals surface area (Å²) in [5, 5.41) is 0. The van der Waals surface area contributed by atoms with E-state index in [1.807, 2.05) is 19.1 Å². The van der Waals surface area contributed by atoms with Gasteiger partial charge in [0.1, 0.15) is 6.67 Å². The predicted molar refractivity (Wildman–Crippen MR) is 45.4 cm³/mol. The molecule has 0 saturated carbocycles. The highest BCUT2D eigenvalue weighted by atomic mass is 19.1. The Morgan fingerprint density at radius 3 is 2.55 bits per heavy atom. The Bertz CT molecular complexity index is 241. The Labute approximate surface area is 67.1 Å². The van der Waals surface area contributed by atoms with Gasteiger partial charge >= 0.3 is 0 Å². The number of benzene rings is 1. The summed E-state index contributed by atoms with van der Waals surface area (Å²) in [4.78, 5) is 0. The molecule has 1 rings (SSSR count). The molecule has 0 fully saturated rings. The molecular formula is C10H13F. The van der Waals surface area contributed by atoms with E-state index in [-0.39, 0.29) is 6.67 Å². The topological polar surface area (TPSA) is 0 Å². The van der Waals surface area contributed by atoms with Crippen molar-refractivity contribution < 1.29 is 4.39 Å². The summed E-state index contributed by atoms with van der Waals surface area (Å²) in [6.07, 6.45) is 1.02. The molecule has 0 bridgehead atoms. The van der Waals surface area contributed by atoms with Gasteiger partial charge in [0, 0.05) is 0 Å². The average Bonchev–Trinajstić information content (AvgIpc) is 2.04. The van der Waals surface area contributed by atoms with E-state index in [4.69, 9.17) is 0 Å². The lowest BCUT2D eigenvalue weighted by Gasteiger charge is -2.02. The first-order chi connectivity index (χ1) is 5.27. The van der Waals surface area contributed by atoms with Gasteiger partial charge in [-0.05, 0) is 30.0 Å². The summed E-state index contributed by atoms with van der Waals surface area (Å²) in [5.41, 5.74) is 3.15. The third-order valence-corrected chi connectivity index (χ3v) is 1.96. The van der Waals surface area contributed by atoms with Crippen LogP contribution in [0.25, 0.3) is 0 Å². The quantitative estimate of drug-likeness (QED) is 0.611. The van der Waals surface area contributed by atoms with Gasteiger partial charge in [0.15, 0.2) is 0 Å². The maximum Gasteiger partial charge on any atom is 0.115 e. The van der Waals surface area contributed by atoms with E-state index in [1.165, 1.54) is 5.56 Å². The number of hydrogen-bond donors (Lipinski definition) is 0. The second-order valence-electron chi connectivity index (χ2n) is 2.75. The van der Waals surface area contributed by atoms with Crippen molar-refractivity contribution in [2.75, 3.05) is 0 Å². The first kappa shape index (κ1) is 8.25. The Hall–Kier alpha value is -0.850. The van der Waals surface area contributed by atoms with Crippen LogP contribution in [0.15, 0.2) is 18.2 Å². The fourth-order valence-electron chi connectivity index (χ4n) is 1.13. The minimum Gasteiger partial charge on any atom is -0.246 e. The monoisotopic (exact) mass is 152 g/mol. The van der Waals surface area contributed by atoms with Gasteiger partial charge in [0.2, 0.25) is 0 Å². The highest BCUT2D eigenvalue weighted by Gasteiger charge is 1.97. The summed E-state index contributed by atoms with van der Waals surface area (Å²) in [7, 11) is 0. The second-order valence-corrected chi connectivity index (χ2v) is 2.75. The van der Waals surface area contributed by atoms with Gasteiger partial charge in [0.25, 0.3) is 0 Å². The highest BCUT2D eigenvalue weighted by molar-refractivity contribution is 5.30. The number of rotatable bonds is 2. The van der Waals surface area contributed by atoms with Crippen molar-refractivity contribution in [2.45, 2.75) is 26.9 Å². The van der Waals surface area contributed by atoms with Crippen molar-refractivity contribution in [1.29, 1.82) is 0 Å². The third kappa shape index (κ3) is 1.79. The molecule has 1 aromatic rings. The lowest BCUT2D eigenvalue weighted by molar-refractivity contribution is 0.483. The fraction of sp³-hybridized carbons (Fsp3) is 0.400. The van der Waals surface area contributed by atoms with Gasteiger partial charge in [-0.3, -0.25) is 0 Å². The van der Waals surface area contributed by atoms with Crippen LogP contribution < -0.4 is 0 Å².